The maximum Gasteiger partial charge on any atom is 0.0461 e. The number of nitrogens with two attached hydrogens (primary N) is 1. The second-order valence-corrected chi connectivity index (χ2v) is 4.54. The summed E-state index contributed by atoms with van der Waals surface area (Å²) in [5, 5.41) is 3.50. The summed E-state index contributed by atoms with van der Waals surface area (Å²) < 4.78 is 0. The molecule has 16 heavy (non-hydrogen) atoms. The fourth-order valence-corrected chi connectivity index (χ4v) is 2.70. The smallest absolute Gasteiger partial charge is 0.0461 e. The van der Waals surface area contributed by atoms with E-state index in [0.717, 1.165) is 18.4 Å². The molecule has 1 unspecified atom stereocenters. The van der Waals surface area contributed by atoms with Crippen LogP contribution in [0.25, 0.3) is 5.57 Å². The van der Waals surface area contributed by atoms with Gasteiger partial charge < -0.3 is 11.1 Å². The van der Waals surface area contributed by atoms with Gasteiger partial charge in [0.1, 0.15) is 0 Å². The third-order valence-corrected chi connectivity index (χ3v) is 3.50. The van der Waals surface area contributed by atoms with Crippen molar-refractivity contribution >= 4 is 11.3 Å². The molecule has 0 saturated carbocycles. The Balaban J connectivity index is 2.12. The SMILES string of the molecule is C=C1C2=C(CCCC2N)Nc2ccccc21. The molecule has 0 aromatic heterocycles. The van der Waals surface area contributed by atoms with E-state index >= 15 is 0 Å². The Morgan fingerprint density at radius 2 is 2.12 bits per heavy atom. The van der Waals surface area contributed by atoms with E-state index in [1.54, 1.807) is 0 Å². The molecule has 0 saturated heterocycles. The van der Waals surface area contributed by atoms with Crippen LogP contribution in [0, 0.1) is 0 Å². The Hall–Kier alpha value is -1.54. The zero-order valence-electron chi connectivity index (χ0n) is 9.29. The minimum absolute atomic E-state index is 0.150. The highest BCUT2D eigenvalue weighted by Crippen LogP contribution is 2.40. The third-order valence-electron chi connectivity index (χ3n) is 3.50. The Morgan fingerprint density at radius 3 is 3.00 bits per heavy atom. The molecule has 82 valence electrons. The van der Waals surface area contributed by atoms with E-state index in [-0.39, 0.29) is 6.04 Å². The molecule has 2 aliphatic rings. The molecule has 1 heterocycles. The van der Waals surface area contributed by atoms with Crippen LogP contribution in [-0.2, 0) is 0 Å². The zero-order chi connectivity index (χ0) is 11.1. The number of hydrogen-bond donors (Lipinski definition) is 2. The molecule has 0 amide bonds. The molecular formula is C14H16N2. The van der Waals surface area contributed by atoms with E-state index in [4.69, 9.17) is 5.73 Å². The highest BCUT2D eigenvalue weighted by molar-refractivity contribution is 5.90. The molecule has 2 heteroatoms. The molecule has 3 N–H and O–H groups in total. The van der Waals surface area contributed by atoms with Crippen LogP contribution in [0.1, 0.15) is 24.8 Å². The molecule has 0 radical (unpaired) electrons. The first kappa shape index (κ1) is 9.67. The minimum atomic E-state index is 0.150. The van der Waals surface area contributed by atoms with E-state index in [2.05, 4.69) is 24.0 Å². The van der Waals surface area contributed by atoms with Crippen LogP contribution in [0.15, 0.2) is 42.1 Å². The molecule has 0 bridgehead atoms. The molecule has 1 aromatic rings. The normalized spacial score (nSPS) is 23.6. The Kier molecular flexibility index (Phi) is 2.11. The number of nitrogens with one attached hydrogen (secondary N) is 1. The number of rotatable bonds is 0. The molecule has 3 rings (SSSR count). The molecular weight excluding hydrogens is 196 g/mol. The van der Waals surface area contributed by atoms with Gasteiger partial charge in [-0.15, -0.1) is 0 Å². The zero-order valence-corrected chi connectivity index (χ0v) is 9.29. The predicted octanol–water partition coefficient (Wildman–Crippen LogP) is 2.89. The van der Waals surface area contributed by atoms with Crippen molar-refractivity contribution in [3.8, 4) is 0 Å². The van der Waals surface area contributed by atoms with Crippen LogP contribution in [0.2, 0.25) is 0 Å². The van der Waals surface area contributed by atoms with Gasteiger partial charge in [-0.3, -0.25) is 0 Å². The van der Waals surface area contributed by atoms with E-state index in [0.29, 0.717) is 0 Å². The van der Waals surface area contributed by atoms with Gasteiger partial charge in [0.05, 0.1) is 0 Å². The lowest BCUT2D eigenvalue weighted by molar-refractivity contribution is 0.608. The summed E-state index contributed by atoms with van der Waals surface area (Å²) in [4.78, 5) is 0. The van der Waals surface area contributed by atoms with Crippen molar-refractivity contribution in [1.29, 1.82) is 0 Å². The van der Waals surface area contributed by atoms with Crippen molar-refractivity contribution < 1.29 is 0 Å². The second kappa shape index (κ2) is 3.49. The first-order chi connectivity index (χ1) is 7.77. The van der Waals surface area contributed by atoms with Crippen molar-refractivity contribution in [2.45, 2.75) is 25.3 Å². The predicted molar refractivity (Wildman–Crippen MR) is 68.0 cm³/mol. The molecule has 1 atom stereocenters. The van der Waals surface area contributed by atoms with Gasteiger partial charge in [0, 0.05) is 23.0 Å². The van der Waals surface area contributed by atoms with Gasteiger partial charge in [0.2, 0.25) is 0 Å². The average molecular weight is 212 g/mol. The quantitative estimate of drug-likeness (QED) is 0.694. The fraction of sp³-hybridized carbons (Fsp3) is 0.286. The lowest BCUT2D eigenvalue weighted by Crippen LogP contribution is -2.31. The van der Waals surface area contributed by atoms with Crippen molar-refractivity contribution in [2.75, 3.05) is 5.32 Å². The topological polar surface area (TPSA) is 38.0 Å². The standard InChI is InChI=1S/C14H16N2/c1-9-10-5-2-3-7-12(10)16-13-8-4-6-11(15)14(9)13/h2-3,5,7,11,16H,1,4,6,8,15H2. The van der Waals surface area contributed by atoms with E-state index in [1.165, 1.54) is 28.9 Å². The maximum absolute atomic E-state index is 6.18. The third kappa shape index (κ3) is 1.30. The van der Waals surface area contributed by atoms with Gasteiger partial charge in [0.15, 0.2) is 0 Å². The van der Waals surface area contributed by atoms with Crippen molar-refractivity contribution in [3.05, 3.63) is 47.7 Å². The van der Waals surface area contributed by atoms with Crippen molar-refractivity contribution in [2.24, 2.45) is 5.73 Å². The molecule has 0 spiro atoms. The van der Waals surface area contributed by atoms with Gasteiger partial charge in [-0.1, -0.05) is 24.8 Å². The summed E-state index contributed by atoms with van der Waals surface area (Å²) >= 11 is 0. The summed E-state index contributed by atoms with van der Waals surface area (Å²) in [5.41, 5.74) is 12.2. The summed E-state index contributed by atoms with van der Waals surface area (Å²) in [6.07, 6.45) is 3.33. The summed E-state index contributed by atoms with van der Waals surface area (Å²) in [6.45, 7) is 4.21. The lowest BCUT2D eigenvalue weighted by Gasteiger charge is -2.33. The number of para-hydroxylation sites is 1. The summed E-state index contributed by atoms with van der Waals surface area (Å²) in [7, 11) is 0. The number of fused-ring (bicyclic) bond motifs is 1. The van der Waals surface area contributed by atoms with Gasteiger partial charge in [0.25, 0.3) is 0 Å². The van der Waals surface area contributed by atoms with Gasteiger partial charge in [-0.2, -0.15) is 0 Å². The van der Waals surface area contributed by atoms with Crippen LogP contribution in [0.5, 0.6) is 0 Å². The number of allylic oxidation sites excluding steroid dienone is 1. The average Bonchev–Trinajstić information content (AvgIpc) is 2.29. The van der Waals surface area contributed by atoms with Crippen molar-refractivity contribution in [3.63, 3.8) is 0 Å². The maximum atomic E-state index is 6.18. The van der Waals surface area contributed by atoms with Crippen LogP contribution in [0.3, 0.4) is 0 Å². The molecule has 2 nitrogen and oxygen atoms in total. The van der Waals surface area contributed by atoms with Crippen LogP contribution >= 0.6 is 0 Å². The van der Waals surface area contributed by atoms with E-state index in [9.17, 15) is 0 Å². The Bertz CT molecular complexity index is 485. The number of benzene rings is 1. The van der Waals surface area contributed by atoms with E-state index < -0.39 is 0 Å². The Morgan fingerprint density at radius 1 is 1.31 bits per heavy atom. The van der Waals surface area contributed by atoms with Crippen molar-refractivity contribution in [1.82, 2.24) is 0 Å². The first-order valence-electron chi connectivity index (χ1n) is 5.81. The minimum Gasteiger partial charge on any atom is -0.358 e. The monoisotopic (exact) mass is 212 g/mol. The van der Waals surface area contributed by atoms with Gasteiger partial charge >= 0.3 is 0 Å². The largest absolute Gasteiger partial charge is 0.358 e. The number of hydrogen-bond acceptors (Lipinski definition) is 2. The van der Waals surface area contributed by atoms with Crippen LogP contribution in [-0.4, -0.2) is 6.04 Å². The first-order valence-corrected chi connectivity index (χ1v) is 5.81. The van der Waals surface area contributed by atoms with Gasteiger partial charge in [-0.05, 0) is 36.5 Å². The molecule has 1 aromatic carbocycles. The fourth-order valence-electron chi connectivity index (χ4n) is 2.70. The number of anilines is 1. The van der Waals surface area contributed by atoms with Crippen LogP contribution in [0.4, 0.5) is 5.69 Å². The summed E-state index contributed by atoms with van der Waals surface area (Å²) in [5.74, 6) is 0. The molecule has 0 fully saturated rings. The molecule has 1 aliphatic carbocycles. The Labute approximate surface area is 95.8 Å². The van der Waals surface area contributed by atoms with Gasteiger partial charge in [-0.25, -0.2) is 0 Å². The second-order valence-electron chi connectivity index (χ2n) is 4.54. The highest BCUT2D eigenvalue weighted by Gasteiger charge is 2.27. The van der Waals surface area contributed by atoms with Crippen LogP contribution < -0.4 is 11.1 Å². The van der Waals surface area contributed by atoms with E-state index in [1.807, 2.05) is 12.1 Å². The lowest BCUT2D eigenvalue weighted by atomic mass is 9.82. The molecule has 1 aliphatic heterocycles. The highest BCUT2D eigenvalue weighted by atomic mass is 14.9. The summed E-state index contributed by atoms with van der Waals surface area (Å²) in [6, 6.07) is 8.45.